The fourth-order valence-corrected chi connectivity index (χ4v) is 23.5. The van der Waals surface area contributed by atoms with Crippen molar-refractivity contribution in [3.63, 3.8) is 0 Å². The second-order valence-corrected chi connectivity index (χ2v) is 21.5. The third-order valence-corrected chi connectivity index (χ3v) is 24.8. The third kappa shape index (κ3) is 5.43. The molecule has 0 saturated carbocycles. The van der Waals surface area contributed by atoms with Crippen molar-refractivity contribution in [1.82, 2.24) is 0 Å². The molecule has 0 nitrogen and oxygen atoms in total. The predicted molar refractivity (Wildman–Crippen MR) is 91.9 cm³/mol. The Morgan fingerprint density at radius 3 is 0.824 bits per heavy atom. The Hall–Kier alpha value is 1.29. The first-order chi connectivity index (χ1) is 7.19. The van der Waals surface area contributed by atoms with Gasteiger partial charge in [-0.3, -0.25) is 0 Å². The van der Waals surface area contributed by atoms with Gasteiger partial charge in [0.25, 0.3) is 0 Å². The van der Waals surface area contributed by atoms with Crippen LogP contribution in [0, 0.1) is 0 Å². The summed E-state index contributed by atoms with van der Waals surface area (Å²) in [7, 11) is 0.363. The first-order valence-electron chi connectivity index (χ1n) is 6.47. The van der Waals surface area contributed by atoms with E-state index in [4.69, 9.17) is 0 Å². The topological polar surface area (TPSA) is 0 Å². The lowest BCUT2D eigenvalue weighted by Crippen LogP contribution is -2.20. The van der Waals surface area contributed by atoms with Gasteiger partial charge in [-0.2, -0.15) is 0 Å². The maximum atomic E-state index is 2.55. The van der Waals surface area contributed by atoms with E-state index in [0.717, 1.165) is 0 Å². The maximum absolute atomic E-state index is 2.55. The molecular formula is C14H33P3. The molecule has 0 aromatic heterocycles. The van der Waals surface area contributed by atoms with Gasteiger partial charge in [0.2, 0.25) is 0 Å². The fraction of sp³-hybridized carbons (Fsp3) is 1.00. The van der Waals surface area contributed by atoms with E-state index < -0.39 is 0 Å². The van der Waals surface area contributed by atoms with E-state index in [-0.39, 0.29) is 22.5 Å². The minimum Gasteiger partial charge on any atom is -0.0736 e. The highest BCUT2D eigenvalue weighted by atomic mass is 32.5. The largest absolute Gasteiger partial charge is 0.0736 e. The van der Waals surface area contributed by atoms with Gasteiger partial charge in [-0.05, 0) is 36.1 Å². The lowest BCUT2D eigenvalue weighted by atomic mass is 10.3. The third-order valence-electron chi connectivity index (χ3n) is 3.11. The van der Waals surface area contributed by atoms with Crippen LogP contribution in [0.4, 0.5) is 0 Å². The van der Waals surface area contributed by atoms with Crippen LogP contribution in [0.1, 0.15) is 62.3 Å². The van der Waals surface area contributed by atoms with Crippen molar-refractivity contribution in [2.24, 2.45) is 0 Å². The molecule has 0 aromatic carbocycles. The molecule has 0 amide bonds. The highest BCUT2D eigenvalue weighted by molar-refractivity contribution is 8.61. The first kappa shape index (κ1) is 18.3. The Kier molecular flexibility index (Phi) is 6.17. The Labute approximate surface area is 114 Å². The molecule has 17 heavy (non-hydrogen) atoms. The molecule has 0 N–H and O–H groups in total. The second-order valence-electron chi connectivity index (χ2n) is 7.85. The van der Waals surface area contributed by atoms with E-state index in [1.165, 1.54) is 0 Å². The monoisotopic (exact) mass is 294 g/mol. The van der Waals surface area contributed by atoms with E-state index in [2.05, 4.69) is 75.6 Å². The Morgan fingerprint density at radius 2 is 0.706 bits per heavy atom. The van der Waals surface area contributed by atoms with E-state index in [9.17, 15) is 0 Å². The molecule has 0 radical (unpaired) electrons. The molecule has 1 unspecified atom stereocenters. The van der Waals surface area contributed by atoms with Crippen LogP contribution in [0.15, 0.2) is 0 Å². The van der Waals surface area contributed by atoms with Gasteiger partial charge in [-0.15, -0.1) is 0 Å². The van der Waals surface area contributed by atoms with Crippen LogP contribution in [-0.2, 0) is 0 Å². The van der Waals surface area contributed by atoms with E-state index in [0.29, 0.717) is 15.5 Å². The summed E-state index contributed by atoms with van der Waals surface area (Å²) in [5.41, 5.74) is 0. The Morgan fingerprint density at radius 1 is 0.471 bits per heavy atom. The van der Waals surface area contributed by atoms with Gasteiger partial charge in [-0.1, -0.05) is 77.5 Å². The highest BCUT2D eigenvalue weighted by Gasteiger charge is 2.41. The lowest BCUT2D eigenvalue weighted by Gasteiger charge is -2.49. The minimum atomic E-state index is 0.117. The molecule has 104 valence electrons. The molecular weight excluding hydrogens is 261 g/mol. The van der Waals surface area contributed by atoms with Gasteiger partial charge in [0.15, 0.2) is 0 Å². The summed E-state index contributed by atoms with van der Waals surface area (Å²) in [5, 5.41) is 1.49. The first-order valence-corrected chi connectivity index (χ1v) is 12.8. The molecule has 0 fully saturated rings. The molecule has 0 aliphatic heterocycles. The summed E-state index contributed by atoms with van der Waals surface area (Å²) >= 11 is 0. The fourth-order valence-electron chi connectivity index (χ4n) is 1.67. The van der Waals surface area contributed by atoms with Crippen molar-refractivity contribution in [1.29, 1.82) is 0 Å². The van der Waals surface area contributed by atoms with E-state index in [1.807, 2.05) is 0 Å². The quantitative estimate of drug-likeness (QED) is 0.485. The van der Waals surface area contributed by atoms with Crippen LogP contribution in [0.3, 0.4) is 0 Å². The minimum absolute atomic E-state index is 0.117. The van der Waals surface area contributed by atoms with Crippen molar-refractivity contribution in [3.8, 4) is 0 Å². The highest BCUT2D eigenvalue weighted by Crippen LogP contribution is 2.94. The Bertz CT molecular complexity index is 220. The van der Waals surface area contributed by atoms with Gasteiger partial charge < -0.3 is 0 Å². The predicted octanol–water partition coefficient (Wildman–Crippen LogP) is 6.92. The SMILES string of the molecule is C[P@](P([P@](C)C(C)(C)C)C(C)(C)C)C(C)(C)C. The van der Waals surface area contributed by atoms with Crippen LogP contribution in [0.2, 0.25) is 0 Å². The smallest absolute Gasteiger partial charge is 0.0102 e. The summed E-state index contributed by atoms with van der Waals surface area (Å²) in [4.78, 5) is 0. The molecule has 0 saturated heterocycles. The molecule has 3 atom stereocenters. The average molecular weight is 294 g/mol. The van der Waals surface area contributed by atoms with Crippen molar-refractivity contribution in [3.05, 3.63) is 0 Å². The molecule has 3 heteroatoms. The molecule has 0 bridgehead atoms. The van der Waals surface area contributed by atoms with Crippen molar-refractivity contribution in [2.45, 2.75) is 77.8 Å². The van der Waals surface area contributed by atoms with Gasteiger partial charge >= 0.3 is 0 Å². The molecule has 0 aromatic rings. The average Bonchev–Trinajstić information content (AvgIpc) is 1.97. The zero-order valence-electron chi connectivity index (χ0n) is 13.8. The Balaban J connectivity index is 5.32. The molecule has 0 aliphatic carbocycles. The van der Waals surface area contributed by atoms with Crippen LogP contribution < -0.4 is 0 Å². The van der Waals surface area contributed by atoms with Crippen molar-refractivity contribution < 1.29 is 0 Å². The standard InChI is InChI=1S/C14H33P3/c1-12(2,3)15(10)17(14(7,8)9)16(11)13(4,5)6/h1-11H3/t15-,16+,17?. The molecule has 0 heterocycles. The summed E-state index contributed by atoms with van der Waals surface area (Å²) in [6.07, 6.45) is 0. The molecule has 0 aliphatic rings. The number of rotatable bonds is 2. The van der Waals surface area contributed by atoms with Crippen LogP contribution in [0.5, 0.6) is 0 Å². The van der Waals surface area contributed by atoms with Crippen molar-refractivity contribution >= 4 is 22.5 Å². The second kappa shape index (κ2) is 5.73. The summed E-state index contributed by atoms with van der Waals surface area (Å²) in [6.45, 7) is 27.1. The van der Waals surface area contributed by atoms with E-state index in [1.54, 1.807) is 0 Å². The van der Waals surface area contributed by atoms with Gasteiger partial charge in [0.05, 0.1) is 0 Å². The summed E-state index contributed by atoms with van der Waals surface area (Å²) in [6, 6.07) is 0. The summed E-state index contributed by atoms with van der Waals surface area (Å²) in [5.74, 6) is 0. The van der Waals surface area contributed by atoms with Crippen LogP contribution in [-0.4, -0.2) is 28.8 Å². The zero-order chi connectivity index (χ0) is 14.2. The maximum Gasteiger partial charge on any atom is -0.0102 e. The van der Waals surface area contributed by atoms with E-state index >= 15 is 0 Å². The van der Waals surface area contributed by atoms with Crippen molar-refractivity contribution in [2.75, 3.05) is 13.3 Å². The van der Waals surface area contributed by atoms with Crippen LogP contribution >= 0.6 is 22.5 Å². The zero-order valence-corrected chi connectivity index (χ0v) is 16.5. The lowest BCUT2D eigenvalue weighted by molar-refractivity contribution is 0.774. The van der Waals surface area contributed by atoms with Gasteiger partial charge in [0, 0.05) is 0 Å². The number of hydrogen-bond donors (Lipinski definition) is 0. The molecule has 0 spiro atoms. The summed E-state index contributed by atoms with van der Waals surface area (Å²) < 4.78 is 0. The number of hydrogen-bond acceptors (Lipinski definition) is 0. The van der Waals surface area contributed by atoms with Gasteiger partial charge in [0.1, 0.15) is 0 Å². The van der Waals surface area contributed by atoms with Gasteiger partial charge in [-0.25, -0.2) is 0 Å². The molecule has 0 rings (SSSR count). The normalized spacial score (nSPS) is 19.9. The van der Waals surface area contributed by atoms with Crippen LogP contribution in [0.25, 0.3) is 0 Å².